The van der Waals surface area contributed by atoms with Crippen molar-refractivity contribution in [3.05, 3.63) is 78.0 Å². The van der Waals surface area contributed by atoms with Gasteiger partial charge in [0.2, 0.25) is 0 Å². The van der Waals surface area contributed by atoms with E-state index < -0.39 is 5.60 Å². The molecule has 4 heterocycles. The molecule has 1 N–H and O–H groups in total. The second-order valence-corrected chi connectivity index (χ2v) is 8.61. The molecule has 29 heavy (non-hydrogen) atoms. The molecule has 1 aromatic heterocycles. The van der Waals surface area contributed by atoms with E-state index in [-0.39, 0.29) is 0 Å². The van der Waals surface area contributed by atoms with Crippen molar-refractivity contribution in [1.82, 2.24) is 10.1 Å². The highest BCUT2D eigenvalue weighted by atomic mass is 16.5. The molecule has 4 nitrogen and oxygen atoms in total. The van der Waals surface area contributed by atoms with E-state index in [1.165, 1.54) is 31.5 Å². The molecule has 0 spiro atoms. The fraction of sp³-hybridized carbons (Fsp3) is 0.400. The van der Waals surface area contributed by atoms with Gasteiger partial charge in [0.05, 0.1) is 11.8 Å². The van der Waals surface area contributed by atoms with Crippen LogP contribution in [0.2, 0.25) is 0 Å². The molecule has 150 valence electrons. The molecule has 2 bridgehead atoms. The van der Waals surface area contributed by atoms with Gasteiger partial charge in [-0.1, -0.05) is 59.8 Å². The molecule has 3 saturated heterocycles. The Labute approximate surface area is 172 Å². The van der Waals surface area contributed by atoms with Gasteiger partial charge >= 0.3 is 0 Å². The van der Waals surface area contributed by atoms with Crippen molar-refractivity contribution in [2.45, 2.75) is 31.3 Å². The van der Waals surface area contributed by atoms with Gasteiger partial charge in [0, 0.05) is 24.1 Å². The molecule has 6 rings (SSSR count). The normalized spacial score (nSPS) is 25.6. The predicted molar refractivity (Wildman–Crippen MR) is 113 cm³/mol. The van der Waals surface area contributed by atoms with Gasteiger partial charge in [-0.15, -0.1) is 0 Å². The van der Waals surface area contributed by atoms with Gasteiger partial charge < -0.3 is 14.5 Å². The summed E-state index contributed by atoms with van der Waals surface area (Å²) in [5, 5.41) is 15.8. The highest BCUT2D eigenvalue weighted by Crippen LogP contribution is 2.45. The average Bonchev–Trinajstić information content (AvgIpc) is 3.34. The van der Waals surface area contributed by atoms with Crippen LogP contribution in [-0.4, -0.2) is 34.8 Å². The first-order chi connectivity index (χ1) is 14.2. The van der Waals surface area contributed by atoms with Crippen LogP contribution in [0.3, 0.4) is 0 Å². The largest absolute Gasteiger partial charge is 0.385 e. The third-order valence-corrected chi connectivity index (χ3v) is 7.01. The quantitative estimate of drug-likeness (QED) is 0.675. The van der Waals surface area contributed by atoms with Gasteiger partial charge in [0.25, 0.3) is 0 Å². The molecular weight excluding hydrogens is 360 g/mol. The highest BCUT2D eigenvalue weighted by Gasteiger charge is 2.47. The maximum absolute atomic E-state index is 12.0. The lowest BCUT2D eigenvalue weighted by molar-refractivity contribution is -0.106. The number of rotatable bonds is 6. The molecule has 3 fully saturated rings. The van der Waals surface area contributed by atoms with Crippen molar-refractivity contribution in [3.63, 3.8) is 0 Å². The number of nitrogens with zero attached hydrogens (tertiary/aromatic N) is 2. The van der Waals surface area contributed by atoms with Gasteiger partial charge in [-0.3, -0.25) is 0 Å². The summed E-state index contributed by atoms with van der Waals surface area (Å²) in [5.74, 6) is 1.71. The molecule has 0 aliphatic carbocycles. The number of aryl methyl sites for hydroxylation is 1. The van der Waals surface area contributed by atoms with Gasteiger partial charge in [0.15, 0.2) is 5.76 Å². The lowest BCUT2D eigenvalue weighted by Crippen LogP contribution is -2.55. The Morgan fingerprint density at radius 2 is 1.76 bits per heavy atom. The maximum Gasteiger partial charge on any atom is 0.166 e. The van der Waals surface area contributed by atoms with Gasteiger partial charge in [-0.05, 0) is 55.8 Å². The van der Waals surface area contributed by atoms with E-state index in [2.05, 4.69) is 46.5 Å². The Balaban J connectivity index is 1.37. The van der Waals surface area contributed by atoms with Crippen molar-refractivity contribution < 1.29 is 9.63 Å². The van der Waals surface area contributed by atoms with Crippen LogP contribution in [-0.2, 0) is 12.0 Å². The fourth-order valence-corrected chi connectivity index (χ4v) is 5.31. The van der Waals surface area contributed by atoms with Crippen LogP contribution in [0.4, 0.5) is 0 Å². The van der Waals surface area contributed by atoms with Crippen LogP contribution in [0.5, 0.6) is 0 Å². The molecular formula is C25H28N2O2. The Kier molecular flexibility index (Phi) is 4.98. The third-order valence-electron chi connectivity index (χ3n) is 7.01. The summed E-state index contributed by atoms with van der Waals surface area (Å²) in [7, 11) is 0. The van der Waals surface area contributed by atoms with Crippen molar-refractivity contribution in [2.24, 2.45) is 11.8 Å². The second-order valence-electron chi connectivity index (χ2n) is 8.61. The zero-order chi connectivity index (χ0) is 19.7. The smallest absolute Gasteiger partial charge is 0.166 e. The maximum atomic E-state index is 12.0. The van der Waals surface area contributed by atoms with E-state index in [0.717, 1.165) is 36.3 Å². The van der Waals surface area contributed by atoms with Gasteiger partial charge in [-0.25, -0.2) is 0 Å². The van der Waals surface area contributed by atoms with Gasteiger partial charge in [0.1, 0.15) is 0 Å². The molecule has 0 saturated carbocycles. The van der Waals surface area contributed by atoms with Crippen LogP contribution in [0, 0.1) is 11.8 Å². The number of aliphatic hydroxyl groups is 1. The molecule has 2 atom stereocenters. The standard InChI is InChI=1S/C25H28N2O2/c28-25(22-4-2-1-3-5-22,23-18-27-16-12-20(23)13-17-27)14-10-19-6-8-21(9-7-19)24-11-15-26-29-24/h1-9,11,15,20,23,28H,10,12-14,16-18H2. The van der Waals surface area contributed by atoms with Gasteiger partial charge in [-0.2, -0.15) is 0 Å². The van der Waals surface area contributed by atoms with Crippen molar-refractivity contribution in [1.29, 1.82) is 0 Å². The minimum absolute atomic E-state index is 0.306. The Morgan fingerprint density at radius 3 is 2.38 bits per heavy atom. The molecule has 3 aromatic rings. The number of hydrogen-bond acceptors (Lipinski definition) is 4. The average molecular weight is 389 g/mol. The Hall–Kier alpha value is -2.43. The summed E-state index contributed by atoms with van der Waals surface area (Å²) in [4.78, 5) is 2.53. The lowest BCUT2D eigenvalue weighted by Gasteiger charge is -2.51. The summed E-state index contributed by atoms with van der Waals surface area (Å²) < 4.78 is 5.24. The second kappa shape index (κ2) is 7.77. The first-order valence-corrected chi connectivity index (χ1v) is 10.7. The molecule has 3 aliphatic heterocycles. The Bertz CT molecular complexity index is 915. The van der Waals surface area contributed by atoms with E-state index in [4.69, 9.17) is 4.52 Å². The first kappa shape index (κ1) is 18.6. The molecule has 3 aliphatic rings. The first-order valence-electron chi connectivity index (χ1n) is 10.7. The van der Waals surface area contributed by atoms with E-state index in [1.807, 2.05) is 24.3 Å². The SMILES string of the molecule is OC(CCc1ccc(-c2ccno2)cc1)(c1ccccc1)C1CN2CCC1CC2. The van der Waals surface area contributed by atoms with Crippen molar-refractivity contribution in [3.8, 4) is 11.3 Å². The summed E-state index contributed by atoms with van der Waals surface area (Å²) in [5.41, 5.74) is 2.55. The zero-order valence-electron chi connectivity index (χ0n) is 16.7. The predicted octanol–water partition coefficient (Wildman–Crippen LogP) is 4.50. The molecule has 2 aromatic carbocycles. The molecule has 0 radical (unpaired) electrons. The highest BCUT2D eigenvalue weighted by molar-refractivity contribution is 5.56. The van der Waals surface area contributed by atoms with E-state index >= 15 is 0 Å². The number of piperidine rings is 3. The molecule has 4 heteroatoms. The van der Waals surface area contributed by atoms with E-state index in [0.29, 0.717) is 11.8 Å². The minimum Gasteiger partial charge on any atom is -0.385 e. The Morgan fingerprint density at radius 1 is 1.00 bits per heavy atom. The number of fused-ring (bicyclic) bond motifs is 3. The van der Waals surface area contributed by atoms with Crippen LogP contribution >= 0.6 is 0 Å². The third kappa shape index (κ3) is 3.63. The molecule has 2 unspecified atom stereocenters. The van der Waals surface area contributed by atoms with Crippen molar-refractivity contribution in [2.75, 3.05) is 19.6 Å². The summed E-state index contributed by atoms with van der Waals surface area (Å²) in [6, 6.07) is 20.6. The molecule has 0 amide bonds. The number of benzene rings is 2. The van der Waals surface area contributed by atoms with Crippen molar-refractivity contribution >= 4 is 0 Å². The van der Waals surface area contributed by atoms with Crippen LogP contribution in [0.25, 0.3) is 11.3 Å². The number of aromatic nitrogens is 1. The van der Waals surface area contributed by atoms with E-state index in [1.54, 1.807) is 6.20 Å². The monoisotopic (exact) mass is 388 g/mol. The fourth-order valence-electron chi connectivity index (χ4n) is 5.31. The number of hydrogen-bond donors (Lipinski definition) is 1. The lowest BCUT2D eigenvalue weighted by atomic mass is 9.66. The van der Waals surface area contributed by atoms with E-state index in [9.17, 15) is 5.11 Å². The topological polar surface area (TPSA) is 49.5 Å². The zero-order valence-corrected chi connectivity index (χ0v) is 16.7. The summed E-state index contributed by atoms with van der Waals surface area (Å²) in [6.45, 7) is 3.39. The minimum atomic E-state index is -0.783. The summed E-state index contributed by atoms with van der Waals surface area (Å²) >= 11 is 0. The van der Waals surface area contributed by atoms with Crippen LogP contribution in [0.1, 0.15) is 30.4 Å². The van der Waals surface area contributed by atoms with Crippen LogP contribution in [0.15, 0.2) is 71.4 Å². The summed E-state index contributed by atoms with van der Waals surface area (Å²) in [6.07, 6.45) is 5.69. The van der Waals surface area contributed by atoms with Crippen LogP contribution < -0.4 is 0 Å².